The highest BCUT2D eigenvalue weighted by molar-refractivity contribution is 14.1. The predicted octanol–water partition coefficient (Wildman–Crippen LogP) is -0.245. The highest BCUT2D eigenvalue weighted by atomic mass is 127. The summed E-state index contributed by atoms with van der Waals surface area (Å²) in [7, 11) is 0. The van der Waals surface area contributed by atoms with Crippen LogP contribution < -0.4 is 0 Å². The molecule has 4 N–H and O–H groups in total. The van der Waals surface area contributed by atoms with E-state index in [0.717, 1.165) is 0 Å². The van der Waals surface area contributed by atoms with Gasteiger partial charge in [-0.3, -0.25) is 0 Å². The van der Waals surface area contributed by atoms with Crippen LogP contribution in [-0.4, -0.2) is 88.9 Å². The molecule has 2 heterocycles. The Morgan fingerprint density at radius 1 is 0.880 bits per heavy atom. The lowest BCUT2D eigenvalue weighted by molar-refractivity contribution is -0.339. The molecule has 0 aromatic rings. The van der Waals surface area contributed by atoms with Gasteiger partial charge in [0, 0.05) is 6.42 Å². The molecule has 0 aromatic carbocycles. The number of halogens is 3. The monoisotopic (exact) mass is 704 g/mol. The number of rotatable bonds is 7. The van der Waals surface area contributed by atoms with Crippen LogP contribution in [0.3, 0.4) is 0 Å². The van der Waals surface area contributed by atoms with E-state index in [1.807, 2.05) is 0 Å². The first kappa shape index (κ1) is 23.1. The van der Waals surface area contributed by atoms with Crippen LogP contribution in [0.4, 0.5) is 0 Å². The molecule has 2 aliphatic heterocycles. The van der Waals surface area contributed by atoms with Gasteiger partial charge in [-0.15, -0.1) is 0 Å². The van der Waals surface area contributed by atoms with Crippen LogP contribution in [0.15, 0.2) is 0 Å². The Kier molecular flexibility index (Phi) is 10.2. The molecule has 0 aromatic heterocycles. The van der Waals surface area contributed by atoms with E-state index >= 15 is 0 Å². The van der Waals surface area contributed by atoms with Gasteiger partial charge in [0.15, 0.2) is 12.6 Å². The SMILES string of the molecule is OC1C(O[C@@H]2OC(COI)[C@H](O)CC2OI)[C@@H](O)C(COI)O[C@H]1O. The average molecular weight is 704 g/mol. The maximum absolute atomic E-state index is 10.4. The minimum Gasteiger partial charge on any atom is -0.390 e. The van der Waals surface area contributed by atoms with Crippen LogP contribution in [0.25, 0.3) is 0 Å². The molecule has 2 rings (SSSR count). The average Bonchev–Trinajstić information content (AvgIpc) is 2.59. The molecule has 9 atom stereocenters. The highest BCUT2D eigenvalue weighted by Gasteiger charge is 2.48. The molecule has 0 aliphatic carbocycles. The Balaban J connectivity index is 2.09. The van der Waals surface area contributed by atoms with E-state index in [-0.39, 0.29) is 19.6 Å². The second-order valence-electron chi connectivity index (χ2n) is 5.67. The maximum atomic E-state index is 10.4. The fourth-order valence-electron chi connectivity index (χ4n) is 2.69. The molecule has 0 bridgehead atoms. The molecule has 2 fully saturated rings. The van der Waals surface area contributed by atoms with E-state index in [1.54, 1.807) is 69.0 Å². The quantitative estimate of drug-likeness (QED) is 0.263. The van der Waals surface area contributed by atoms with E-state index in [2.05, 4.69) is 0 Å². The number of aliphatic hydroxyl groups is 4. The molecule has 2 aliphatic rings. The van der Waals surface area contributed by atoms with Crippen LogP contribution in [0.2, 0.25) is 0 Å². The lowest BCUT2D eigenvalue weighted by Gasteiger charge is -2.44. The molecule has 25 heavy (non-hydrogen) atoms. The highest BCUT2D eigenvalue weighted by Crippen LogP contribution is 2.30. The van der Waals surface area contributed by atoms with Crippen LogP contribution in [0.1, 0.15) is 6.42 Å². The number of hydrogen-bond donors (Lipinski definition) is 4. The molecule has 10 nitrogen and oxygen atoms in total. The van der Waals surface area contributed by atoms with Crippen LogP contribution >= 0.6 is 69.0 Å². The van der Waals surface area contributed by atoms with Crippen molar-refractivity contribution in [3.05, 3.63) is 0 Å². The smallest absolute Gasteiger partial charge is 0.185 e. The summed E-state index contributed by atoms with van der Waals surface area (Å²) in [4.78, 5) is 0. The van der Waals surface area contributed by atoms with Gasteiger partial charge in [0.1, 0.15) is 106 Å². The predicted molar refractivity (Wildman–Crippen MR) is 106 cm³/mol. The summed E-state index contributed by atoms with van der Waals surface area (Å²) in [5.41, 5.74) is 0. The van der Waals surface area contributed by atoms with Gasteiger partial charge < -0.3 is 43.8 Å². The normalized spacial score (nSPS) is 45.5. The number of aliphatic hydroxyl groups excluding tert-OH is 4. The Hall–Kier alpha value is 1.79. The van der Waals surface area contributed by atoms with Gasteiger partial charge in [-0.25, -0.2) is 0 Å². The third-order valence-electron chi connectivity index (χ3n) is 4.04. The van der Waals surface area contributed by atoms with E-state index in [9.17, 15) is 20.4 Å². The van der Waals surface area contributed by atoms with Crippen molar-refractivity contribution >= 4 is 69.0 Å². The van der Waals surface area contributed by atoms with Crippen LogP contribution in [0.5, 0.6) is 0 Å². The standard InChI is InChI=1S/C12H19I3O10/c13-20-2-6-4(16)1-5(25-15)12(23-6)24-10-8(17)7(3-21-14)22-11(19)9(10)18/h4-12,16-19H,1-3H2/t4-,5?,6?,7?,8+,9?,10?,11-,12+/m1/s1. The molecule has 13 heteroatoms. The first-order valence-corrected chi connectivity index (χ1v) is 10.00. The van der Waals surface area contributed by atoms with Crippen LogP contribution in [0, 0.1) is 0 Å². The van der Waals surface area contributed by atoms with Crippen molar-refractivity contribution in [3.8, 4) is 0 Å². The van der Waals surface area contributed by atoms with Gasteiger partial charge in [0.05, 0.1) is 19.3 Å². The van der Waals surface area contributed by atoms with Gasteiger partial charge in [-0.1, -0.05) is 0 Å². The first-order chi connectivity index (χ1) is 11.9. The zero-order chi connectivity index (χ0) is 18.6. The third-order valence-corrected chi connectivity index (χ3v) is 5.41. The largest absolute Gasteiger partial charge is 0.390 e. The van der Waals surface area contributed by atoms with Gasteiger partial charge in [-0.05, 0) is 0 Å². The van der Waals surface area contributed by atoms with E-state index in [4.69, 9.17) is 23.4 Å². The third kappa shape index (κ3) is 5.89. The van der Waals surface area contributed by atoms with Crippen molar-refractivity contribution in [2.24, 2.45) is 0 Å². The Labute approximate surface area is 186 Å². The summed E-state index contributed by atoms with van der Waals surface area (Å²) in [6.07, 6.45) is -9.28. The molecule has 0 spiro atoms. The van der Waals surface area contributed by atoms with Crippen molar-refractivity contribution < 1.29 is 43.8 Å². The fourth-order valence-corrected chi connectivity index (χ4v) is 3.85. The zero-order valence-electron chi connectivity index (χ0n) is 12.7. The second kappa shape index (κ2) is 11.1. The van der Waals surface area contributed by atoms with E-state index < -0.39 is 55.3 Å². The summed E-state index contributed by atoms with van der Waals surface area (Å²) < 4.78 is 31.6. The van der Waals surface area contributed by atoms with Crippen molar-refractivity contribution in [2.75, 3.05) is 13.2 Å². The zero-order valence-corrected chi connectivity index (χ0v) is 19.2. The molecule has 148 valence electrons. The van der Waals surface area contributed by atoms with Gasteiger partial charge in [0.2, 0.25) is 0 Å². The minimum atomic E-state index is -1.55. The lowest BCUT2D eigenvalue weighted by atomic mass is 9.98. The van der Waals surface area contributed by atoms with Gasteiger partial charge >= 0.3 is 0 Å². The fraction of sp³-hybridized carbons (Fsp3) is 1.00. The number of hydrogen-bond acceptors (Lipinski definition) is 10. The molecule has 5 unspecified atom stereocenters. The number of ether oxygens (including phenoxy) is 3. The molecule has 0 saturated carbocycles. The summed E-state index contributed by atoms with van der Waals surface area (Å²) in [6.45, 7) is 0.121. The summed E-state index contributed by atoms with van der Waals surface area (Å²) >= 11 is 4.99. The second-order valence-corrected chi connectivity index (χ2v) is 7.43. The molecule has 0 radical (unpaired) electrons. The van der Waals surface area contributed by atoms with Crippen molar-refractivity contribution in [2.45, 2.75) is 61.7 Å². The summed E-state index contributed by atoms with van der Waals surface area (Å²) in [5, 5.41) is 40.4. The summed E-state index contributed by atoms with van der Waals surface area (Å²) in [5.74, 6) is 0. The van der Waals surface area contributed by atoms with Crippen molar-refractivity contribution in [1.29, 1.82) is 0 Å². The Morgan fingerprint density at radius 2 is 1.52 bits per heavy atom. The molecule has 2 saturated heterocycles. The minimum absolute atomic E-state index is 0.00683. The lowest BCUT2D eigenvalue weighted by Crippen LogP contribution is -2.62. The van der Waals surface area contributed by atoms with Gasteiger partial charge in [0.25, 0.3) is 0 Å². The molecular weight excluding hydrogens is 685 g/mol. The topological polar surface area (TPSA) is 136 Å². The molecular formula is C12H19I3O10. The van der Waals surface area contributed by atoms with E-state index in [1.165, 1.54) is 0 Å². The Bertz CT molecular complexity index is 407. The van der Waals surface area contributed by atoms with Crippen molar-refractivity contribution in [1.82, 2.24) is 0 Å². The van der Waals surface area contributed by atoms with Crippen LogP contribution in [-0.2, 0) is 23.4 Å². The maximum Gasteiger partial charge on any atom is 0.185 e. The summed E-state index contributed by atoms with van der Waals surface area (Å²) in [6, 6.07) is 0. The van der Waals surface area contributed by atoms with Gasteiger partial charge in [-0.2, -0.15) is 0 Å². The van der Waals surface area contributed by atoms with E-state index in [0.29, 0.717) is 0 Å². The first-order valence-electron chi connectivity index (χ1n) is 7.36. The van der Waals surface area contributed by atoms with Crippen molar-refractivity contribution in [3.63, 3.8) is 0 Å². The Morgan fingerprint density at radius 3 is 2.12 bits per heavy atom. The molecule has 0 amide bonds.